The van der Waals surface area contributed by atoms with E-state index < -0.39 is 0 Å². The summed E-state index contributed by atoms with van der Waals surface area (Å²) in [5, 5.41) is 7.92. The van der Waals surface area contributed by atoms with Gasteiger partial charge in [-0.1, -0.05) is 6.07 Å². The molecule has 2 fully saturated rings. The molecule has 3 aromatic rings. The number of nitrogen functional groups attached to an aromatic ring is 2. The number of aromatic amines is 1. The fraction of sp³-hybridized carbons (Fsp3) is 0.389. The van der Waals surface area contributed by atoms with Crippen molar-refractivity contribution in [2.75, 3.05) is 22.9 Å². The molecule has 5 rings (SSSR count). The van der Waals surface area contributed by atoms with Crippen molar-refractivity contribution in [3.63, 3.8) is 0 Å². The number of benzene rings is 1. The van der Waals surface area contributed by atoms with Crippen molar-refractivity contribution < 1.29 is 0 Å². The summed E-state index contributed by atoms with van der Waals surface area (Å²) < 4.78 is 0. The average Bonchev–Trinajstić information content (AvgIpc) is 3.22. The quantitative estimate of drug-likeness (QED) is 0.678. The summed E-state index contributed by atoms with van der Waals surface area (Å²) in [6.07, 6.45) is 5.15. The summed E-state index contributed by atoms with van der Waals surface area (Å²) in [5.74, 6) is 2.60. The second-order valence-corrected chi connectivity index (χ2v) is 7.08. The first-order chi connectivity index (χ1) is 12.2. The van der Waals surface area contributed by atoms with E-state index in [1.807, 2.05) is 18.2 Å². The van der Waals surface area contributed by atoms with Gasteiger partial charge in [0.2, 0.25) is 5.95 Å². The molecule has 2 aromatic heterocycles. The van der Waals surface area contributed by atoms with E-state index in [0.717, 1.165) is 40.4 Å². The Morgan fingerprint density at radius 2 is 1.96 bits per heavy atom. The maximum Gasteiger partial charge on any atom is 0.222 e. The minimum absolute atomic E-state index is 0.318. The van der Waals surface area contributed by atoms with E-state index in [1.165, 1.54) is 25.7 Å². The van der Waals surface area contributed by atoms with Gasteiger partial charge in [0.05, 0.1) is 11.2 Å². The van der Waals surface area contributed by atoms with Crippen LogP contribution >= 0.6 is 0 Å². The normalized spacial score (nSPS) is 20.5. The molecule has 0 bridgehead atoms. The fourth-order valence-electron chi connectivity index (χ4n) is 4.00. The van der Waals surface area contributed by atoms with Gasteiger partial charge in [-0.25, -0.2) is 4.98 Å². The lowest BCUT2D eigenvalue weighted by molar-refractivity contribution is 0.588. The monoisotopic (exact) mass is 335 g/mol. The molecule has 7 heteroatoms. The summed E-state index contributed by atoms with van der Waals surface area (Å²) >= 11 is 0. The van der Waals surface area contributed by atoms with Crippen LogP contribution in [0.25, 0.3) is 22.2 Å². The molecule has 25 heavy (non-hydrogen) atoms. The number of hydrogen-bond donors (Lipinski definition) is 3. The highest BCUT2D eigenvalue weighted by atomic mass is 15.3. The predicted molar refractivity (Wildman–Crippen MR) is 99.0 cm³/mol. The zero-order chi connectivity index (χ0) is 17.0. The molecule has 1 saturated carbocycles. The van der Waals surface area contributed by atoms with Crippen LogP contribution in [-0.4, -0.2) is 32.8 Å². The lowest BCUT2D eigenvalue weighted by atomic mass is 10.1. The molecular weight excluding hydrogens is 314 g/mol. The van der Waals surface area contributed by atoms with E-state index in [1.54, 1.807) is 0 Å². The average molecular weight is 335 g/mol. The Bertz CT molecular complexity index is 944. The van der Waals surface area contributed by atoms with Crippen molar-refractivity contribution in [1.82, 2.24) is 20.2 Å². The third-order valence-electron chi connectivity index (χ3n) is 5.38. The van der Waals surface area contributed by atoms with Crippen molar-refractivity contribution in [1.29, 1.82) is 0 Å². The summed E-state index contributed by atoms with van der Waals surface area (Å²) in [6.45, 7) is 1.05. The summed E-state index contributed by atoms with van der Waals surface area (Å²) in [6, 6.07) is 8.63. The number of nitrogens with two attached hydrogens (primary N) is 2. The van der Waals surface area contributed by atoms with Gasteiger partial charge in [0.25, 0.3) is 0 Å². The second-order valence-electron chi connectivity index (χ2n) is 7.08. The Hall–Kier alpha value is -2.83. The standard InChI is InChI=1S/C18H21N7/c19-17-12-6-5-11(8-14(12)23-24-17)13-9-16(22-18(20)21-13)25-7-1-2-15(25)10-3-4-10/h5-6,8-10,15H,1-4,7H2,(H3,19,23,24)(H2,20,21,22). The molecular formula is C18H21N7. The van der Waals surface area contributed by atoms with Gasteiger partial charge in [-0.05, 0) is 43.7 Å². The van der Waals surface area contributed by atoms with Crippen LogP contribution in [-0.2, 0) is 0 Å². The van der Waals surface area contributed by atoms with Crippen LogP contribution < -0.4 is 16.4 Å². The van der Waals surface area contributed by atoms with Crippen LogP contribution in [0.1, 0.15) is 25.7 Å². The lowest BCUT2D eigenvalue weighted by Crippen LogP contribution is -2.31. The molecule has 0 spiro atoms. The number of nitrogens with one attached hydrogen (secondary N) is 1. The number of rotatable bonds is 3. The van der Waals surface area contributed by atoms with Crippen molar-refractivity contribution in [2.24, 2.45) is 5.92 Å². The lowest BCUT2D eigenvalue weighted by Gasteiger charge is -2.26. The Morgan fingerprint density at radius 3 is 2.80 bits per heavy atom. The highest BCUT2D eigenvalue weighted by Crippen LogP contribution is 2.42. The van der Waals surface area contributed by atoms with Crippen LogP contribution in [0, 0.1) is 5.92 Å². The van der Waals surface area contributed by atoms with Crippen molar-refractivity contribution in [3.05, 3.63) is 24.3 Å². The number of fused-ring (bicyclic) bond motifs is 1. The van der Waals surface area contributed by atoms with Gasteiger partial charge in [-0.15, -0.1) is 0 Å². The zero-order valence-corrected chi connectivity index (χ0v) is 13.9. The van der Waals surface area contributed by atoms with Crippen LogP contribution in [0.5, 0.6) is 0 Å². The van der Waals surface area contributed by atoms with Gasteiger partial charge < -0.3 is 16.4 Å². The van der Waals surface area contributed by atoms with E-state index >= 15 is 0 Å². The molecule has 2 aliphatic rings. The molecule has 1 aromatic carbocycles. The van der Waals surface area contributed by atoms with E-state index in [9.17, 15) is 0 Å². The third-order valence-corrected chi connectivity index (χ3v) is 5.38. The van der Waals surface area contributed by atoms with E-state index in [0.29, 0.717) is 17.8 Å². The maximum atomic E-state index is 6.03. The Kier molecular flexibility index (Phi) is 3.10. The molecule has 3 heterocycles. The Labute approximate surface area is 145 Å². The van der Waals surface area contributed by atoms with E-state index in [4.69, 9.17) is 11.5 Å². The first-order valence-corrected chi connectivity index (χ1v) is 8.84. The minimum atomic E-state index is 0.318. The second kappa shape index (κ2) is 5.34. The highest BCUT2D eigenvalue weighted by Gasteiger charge is 2.38. The van der Waals surface area contributed by atoms with Crippen LogP contribution in [0.4, 0.5) is 17.6 Å². The molecule has 0 amide bonds. The predicted octanol–water partition coefficient (Wildman–Crippen LogP) is 2.56. The summed E-state index contributed by atoms with van der Waals surface area (Å²) in [4.78, 5) is 11.4. The van der Waals surface area contributed by atoms with Gasteiger partial charge >= 0.3 is 0 Å². The van der Waals surface area contributed by atoms with E-state index in [-0.39, 0.29) is 0 Å². The fourth-order valence-corrected chi connectivity index (χ4v) is 4.00. The molecule has 1 aliphatic carbocycles. The first-order valence-electron chi connectivity index (χ1n) is 8.84. The topological polar surface area (TPSA) is 110 Å². The van der Waals surface area contributed by atoms with Crippen LogP contribution in [0.3, 0.4) is 0 Å². The van der Waals surface area contributed by atoms with Crippen molar-refractivity contribution >= 4 is 28.5 Å². The number of H-pyrrole nitrogens is 1. The molecule has 7 nitrogen and oxygen atoms in total. The van der Waals surface area contributed by atoms with Gasteiger partial charge in [0.15, 0.2) is 5.82 Å². The van der Waals surface area contributed by atoms with Gasteiger partial charge in [-0.2, -0.15) is 10.1 Å². The van der Waals surface area contributed by atoms with Gasteiger partial charge in [0, 0.05) is 29.6 Å². The van der Waals surface area contributed by atoms with E-state index in [2.05, 4.69) is 31.1 Å². The van der Waals surface area contributed by atoms with Gasteiger partial charge in [-0.3, -0.25) is 5.10 Å². The highest BCUT2D eigenvalue weighted by molar-refractivity contribution is 5.91. The van der Waals surface area contributed by atoms with Crippen LogP contribution in [0.2, 0.25) is 0 Å². The third kappa shape index (κ3) is 2.47. The zero-order valence-electron chi connectivity index (χ0n) is 13.9. The van der Waals surface area contributed by atoms with Gasteiger partial charge in [0.1, 0.15) is 5.82 Å². The smallest absolute Gasteiger partial charge is 0.222 e. The molecule has 128 valence electrons. The number of nitrogens with zero attached hydrogens (tertiary/aromatic N) is 4. The number of aromatic nitrogens is 4. The Morgan fingerprint density at radius 1 is 1.08 bits per heavy atom. The molecule has 5 N–H and O–H groups in total. The summed E-state index contributed by atoms with van der Waals surface area (Å²) in [7, 11) is 0. The molecule has 1 atom stereocenters. The number of anilines is 3. The van der Waals surface area contributed by atoms with Crippen LogP contribution in [0.15, 0.2) is 24.3 Å². The first kappa shape index (κ1) is 14.5. The molecule has 1 saturated heterocycles. The largest absolute Gasteiger partial charge is 0.382 e. The molecule has 1 unspecified atom stereocenters. The SMILES string of the molecule is Nc1nc(-c2ccc3c(N)n[nH]c3c2)cc(N2CCCC2C2CC2)n1. The minimum Gasteiger partial charge on any atom is -0.382 e. The maximum absolute atomic E-state index is 6.03. The summed E-state index contributed by atoms with van der Waals surface area (Å²) in [5.41, 5.74) is 14.6. The molecule has 0 radical (unpaired) electrons. The van der Waals surface area contributed by atoms with Crippen molar-refractivity contribution in [2.45, 2.75) is 31.7 Å². The Balaban J connectivity index is 1.55. The molecule has 1 aliphatic heterocycles. The van der Waals surface area contributed by atoms with Crippen molar-refractivity contribution in [3.8, 4) is 11.3 Å². The number of hydrogen-bond acceptors (Lipinski definition) is 6.